The van der Waals surface area contributed by atoms with Gasteiger partial charge in [0.25, 0.3) is 0 Å². The molecule has 0 fully saturated rings. The average Bonchev–Trinajstić information content (AvgIpc) is 2.50. The van der Waals surface area contributed by atoms with Crippen LogP contribution in [0.25, 0.3) is 0 Å². The Balaban J connectivity index is 2.60. The summed E-state index contributed by atoms with van der Waals surface area (Å²) < 4.78 is 9.96. The lowest BCUT2D eigenvalue weighted by molar-refractivity contribution is -0.155. The summed E-state index contributed by atoms with van der Waals surface area (Å²) in [6, 6.07) is 3.82. The Morgan fingerprint density at radius 2 is 1.74 bits per heavy atom. The van der Waals surface area contributed by atoms with Crippen molar-refractivity contribution in [2.45, 2.75) is 27.2 Å². The molecule has 0 heterocycles. The van der Waals surface area contributed by atoms with E-state index in [-0.39, 0.29) is 35.3 Å². The summed E-state index contributed by atoms with van der Waals surface area (Å²) in [5.41, 5.74) is -0.957. The van der Waals surface area contributed by atoms with Crippen molar-refractivity contribution >= 4 is 29.5 Å². The van der Waals surface area contributed by atoms with Gasteiger partial charge in [-0.05, 0) is 38.5 Å². The number of esters is 2. The number of carbonyl (C=O) groups excluding carboxylic acids is 2. The summed E-state index contributed by atoms with van der Waals surface area (Å²) in [7, 11) is 0. The van der Waals surface area contributed by atoms with Crippen molar-refractivity contribution in [2.75, 3.05) is 13.2 Å². The maximum atomic E-state index is 11.9. The van der Waals surface area contributed by atoms with Crippen molar-refractivity contribution in [3.05, 3.63) is 34.3 Å². The Hall–Kier alpha value is -2.08. The topological polar surface area (TPSA) is 89.9 Å². The minimum absolute atomic E-state index is 0.100. The van der Waals surface area contributed by atoms with Crippen molar-refractivity contribution in [1.29, 1.82) is 0 Å². The third kappa shape index (κ3) is 5.25. The first-order chi connectivity index (χ1) is 10.7. The molecule has 0 unspecified atom stereocenters. The number of hydrogen-bond donors (Lipinski definition) is 1. The Kier molecular flexibility index (Phi) is 6.57. The molecule has 0 spiro atoms. The van der Waals surface area contributed by atoms with Crippen LogP contribution in [0.4, 0.5) is 0 Å². The van der Waals surface area contributed by atoms with E-state index >= 15 is 0 Å². The highest BCUT2D eigenvalue weighted by Crippen LogP contribution is 2.21. The fourth-order valence-corrected chi connectivity index (χ4v) is 1.73. The summed E-state index contributed by atoms with van der Waals surface area (Å²) in [4.78, 5) is 34.8. The molecular weight excluding hydrogens is 324 g/mol. The number of carboxylic acid groups (broad SMARTS) is 1. The van der Waals surface area contributed by atoms with Crippen LogP contribution in [0, 0.1) is 5.41 Å². The average molecular weight is 343 g/mol. The first-order valence-corrected chi connectivity index (χ1v) is 7.44. The molecule has 1 aromatic carbocycles. The molecule has 0 aromatic heterocycles. The van der Waals surface area contributed by atoms with Crippen LogP contribution >= 0.6 is 11.6 Å². The van der Waals surface area contributed by atoms with Crippen LogP contribution in [0.5, 0.6) is 0 Å². The fourth-order valence-electron chi connectivity index (χ4n) is 1.56. The molecule has 0 radical (unpaired) electrons. The molecule has 0 atom stereocenters. The zero-order chi connectivity index (χ0) is 17.6. The third-order valence-electron chi connectivity index (χ3n) is 3.42. The molecule has 0 saturated carbocycles. The summed E-state index contributed by atoms with van der Waals surface area (Å²) in [6.07, 6.45) is 0.621. The number of aromatic carboxylic acids is 1. The van der Waals surface area contributed by atoms with Crippen LogP contribution in [0.3, 0.4) is 0 Å². The molecule has 7 heteroatoms. The first kappa shape index (κ1) is 19.0. The minimum Gasteiger partial charge on any atom is -0.478 e. The molecule has 1 rings (SSSR count). The van der Waals surface area contributed by atoms with Gasteiger partial charge in [-0.15, -0.1) is 0 Å². The van der Waals surface area contributed by atoms with E-state index in [1.54, 1.807) is 13.8 Å². The van der Waals surface area contributed by atoms with Crippen LogP contribution in [0.2, 0.25) is 5.02 Å². The predicted molar refractivity (Wildman–Crippen MR) is 83.7 cm³/mol. The number of carboxylic acids is 1. The number of halogens is 1. The second kappa shape index (κ2) is 7.97. The van der Waals surface area contributed by atoms with Gasteiger partial charge < -0.3 is 14.6 Å². The van der Waals surface area contributed by atoms with E-state index in [1.165, 1.54) is 18.2 Å². The van der Waals surface area contributed by atoms with Crippen LogP contribution < -0.4 is 0 Å². The molecule has 23 heavy (non-hydrogen) atoms. The Labute approximate surface area is 139 Å². The van der Waals surface area contributed by atoms with Gasteiger partial charge in [0.2, 0.25) is 0 Å². The van der Waals surface area contributed by atoms with E-state index in [2.05, 4.69) is 0 Å². The van der Waals surface area contributed by atoms with Gasteiger partial charge in [0.1, 0.15) is 13.2 Å². The lowest BCUT2D eigenvalue weighted by atomic mass is 9.91. The maximum Gasteiger partial charge on any atom is 0.339 e. The second-order valence-corrected chi connectivity index (χ2v) is 5.94. The Bertz CT molecular complexity index is 609. The van der Waals surface area contributed by atoms with Gasteiger partial charge in [-0.25, -0.2) is 9.59 Å². The van der Waals surface area contributed by atoms with E-state index in [4.69, 9.17) is 26.2 Å². The number of hydrogen-bond acceptors (Lipinski definition) is 5. The number of carbonyl (C=O) groups is 3. The third-order valence-corrected chi connectivity index (χ3v) is 3.65. The highest BCUT2D eigenvalue weighted by atomic mass is 35.5. The Morgan fingerprint density at radius 1 is 1.13 bits per heavy atom. The summed E-state index contributed by atoms with van der Waals surface area (Å²) in [5, 5.41) is 9.27. The fraction of sp³-hybridized carbons (Fsp3) is 0.438. The molecular formula is C16H19ClO6. The molecule has 1 N–H and O–H groups in total. The molecule has 126 valence electrons. The molecule has 0 saturated heterocycles. The van der Waals surface area contributed by atoms with Crippen molar-refractivity contribution in [2.24, 2.45) is 5.41 Å². The SMILES string of the molecule is CCC(C)(C)C(=O)OCCOC(=O)c1cc(Cl)ccc1C(=O)O. The minimum atomic E-state index is -1.26. The largest absolute Gasteiger partial charge is 0.478 e. The van der Waals surface area contributed by atoms with Gasteiger partial charge in [-0.1, -0.05) is 18.5 Å². The number of ether oxygens (including phenoxy) is 2. The first-order valence-electron chi connectivity index (χ1n) is 7.06. The van der Waals surface area contributed by atoms with Gasteiger partial charge in [-0.2, -0.15) is 0 Å². The molecule has 0 aliphatic carbocycles. The van der Waals surface area contributed by atoms with E-state index in [0.29, 0.717) is 6.42 Å². The smallest absolute Gasteiger partial charge is 0.339 e. The highest BCUT2D eigenvalue weighted by molar-refractivity contribution is 6.31. The molecule has 1 aromatic rings. The zero-order valence-corrected chi connectivity index (χ0v) is 14.0. The van der Waals surface area contributed by atoms with Gasteiger partial charge in [0.15, 0.2) is 0 Å². The number of benzene rings is 1. The van der Waals surface area contributed by atoms with E-state index < -0.39 is 17.4 Å². The lowest BCUT2D eigenvalue weighted by Crippen LogP contribution is -2.27. The van der Waals surface area contributed by atoms with Crippen LogP contribution in [0.15, 0.2) is 18.2 Å². The van der Waals surface area contributed by atoms with Gasteiger partial charge >= 0.3 is 17.9 Å². The predicted octanol–water partition coefficient (Wildman–Crippen LogP) is 3.17. The van der Waals surface area contributed by atoms with Crippen molar-refractivity contribution in [3.8, 4) is 0 Å². The summed E-state index contributed by atoms with van der Waals surface area (Å²) in [5.74, 6) is -2.48. The Morgan fingerprint density at radius 3 is 2.30 bits per heavy atom. The van der Waals surface area contributed by atoms with E-state index in [9.17, 15) is 14.4 Å². The van der Waals surface area contributed by atoms with Gasteiger partial charge in [0, 0.05) is 5.02 Å². The normalized spacial score (nSPS) is 11.0. The monoisotopic (exact) mass is 342 g/mol. The quantitative estimate of drug-likeness (QED) is 0.604. The van der Waals surface area contributed by atoms with Gasteiger partial charge in [0.05, 0.1) is 16.5 Å². The second-order valence-electron chi connectivity index (χ2n) is 5.50. The van der Waals surface area contributed by atoms with Crippen LogP contribution in [-0.4, -0.2) is 36.2 Å². The van der Waals surface area contributed by atoms with Gasteiger partial charge in [-0.3, -0.25) is 4.79 Å². The molecule has 0 bridgehead atoms. The highest BCUT2D eigenvalue weighted by Gasteiger charge is 2.27. The standard InChI is InChI=1S/C16H19ClO6/c1-4-16(2,3)15(21)23-8-7-22-14(20)12-9-10(17)5-6-11(12)13(18)19/h5-6,9H,4,7-8H2,1-3H3,(H,18,19). The van der Waals surface area contributed by atoms with Crippen LogP contribution in [-0.2, 0) is 14.3 Å². The molecule has 0 aliphatic rings. The van der Waals surface area contributed by atoms with Crippen molar-refractivity contribution < 1.29 is 29.0 Å². The molecule has 0 aliphatic heterocycles. The van der Waals surface area contributed by atoms with Crippen molar-refractivity contribution in [1.82, 2.24) is 0 Å². The number of rotatable bonds is 7. The van der Waals surface area contributed by atoms with E-state index in [0.717, 1.165) is 0 Å². The summed E-state index contributed by atoms with van der Waals surface area (Å²) >= 11 is 5.76. The molecule has 0 amide bonds. The summed E-state index contributed by atoms with van der Waals surface area (Å²) in [6.45, 7) is 5.11. The van der Waals surface area contributed by atoms with Crippen molar-refractivity contribution in [3.63, 3.8) is 0 Å². The molecule has 6 nitrogen and oxygen atoms in total. The lowest BCUT2D eigenvalue weighted by Gasteiger charge is -2.20. The van der Waals surface area contributed by atoms with Crippen LogP contribution in [0.1, 0.15) is 47.9 Å². The zero-order valence-electron chi connectivity index (χ0n) is 13.2. The maximum absolute atomic E-state index is 11.9. The van der Waals surface area contributed by atoms with E-state index in [1.807, 2.05) is 6.92 Å².